The van der Waals surface area contributed by atoms with Gasteiger partial charge in [-0.25, -0.2) is 0 Å². The van der Waals surface area contributed by atoms with E-state index in [0.29, 0.717) is 0 Å². The van der Waals surface area contributed by atoms with Crippen molar-refractivity contribution >= 4 is 17.6 Å². The van der Waals surface area contributed by atoms with Crippen molar-refractivity contribution in [3.05, 3.63) is 6.07 Å². The number of nitrogens with one attached hydrogen (secondary N) is 1. The molecule has 0 aliphatic rings. The summed E-state index contributed by atoms with van der Waals surface area (Å²) >= 11 is 0. The van der Waals surface area contributed by atoms with E-state index < -0.39 is 0 Å². The van der Waals surface area contributed by atoms with E-state index in [4.69, 9.17) is 16.7 Å². The van der Waals surface area contributed by atoms with E-state index >= 15 is 0 Å². The van der Waals surface area contributed by atoms with Crippen molar-refractivity contribution in [3.63, 3.8) is 0 Å². The van der Waals surface area contributed by atoms with Gasteiger partial charge in [-0.1, -0.05) is 0 Å². The second kappa shape index (κ2) is 2.70. The third-order valence-corrected chi connectivity index (χ3v) is 0.933. The van der Waals surface area contributed by atoms with Gasteiger partial charge in [-0.15, -0.1) is 0 Å². The van der Waals surface area contributed by atoms with E-state index in [-0.39, 0.29) is 17.6 Å². The van der Waals surface area contributed by atoms with E-state index in [1.807, 2.05) is 0 Å². The number of hydrogen-bond donors (Lipinski definition) is 3. The van der Waals surface area contributed by atoms with Gasteiger partial charge in [0.05, 0.1) is 0 Å². The standard InChI is InChI=1S/C5H6N6/c6-2-9-5-10-3(7)1-4(8)11-5/h1H,(H5,7,8,9,10,11). The molecule has 0 aliphatic heterocycles. The summed E-state index contributed by atoms with van der Waals surface area (Å²) in [5, 5.41) is 10.4. The largest absolute Gasteiger partial charge is 0.383 e. The zero-order valence-electron chi connectivity index (χ0n) is 5.57. The van der Waals surface area contributed by atoms with Gasteiger partial charge in [-0.3, -0.25) is 5.32 Å². The molecule has 56 valence electrons. The lowest BCUT2D eigenvalue weighted by Crippen LogP contribution is -2.02. The van der Waals surface area contributed by atoms with Crippen LogP contribution in [-0.2, 0) is 0 Å². The first kappa shape index (κ1) is 7.08. The van der Waals surface area contributed by atoms with E-state index in [2.05, 4.69) is 15.3 Å². The van der Waals surface area contributed by atoms with Crippen LogP contribution < -0.4 is 16.8 Å². The average molecular weight is 150 g/mol. The van der Waals surface area contributed by atoms with Crippen LogP contribution in [0.1, 0.15) is 0 Å². The van der Waals surface area contributed by atoms with Crippen molar-refractivity contribution in [1.29, 1.82) is 5.26 Å². The molecule has 0 spiro atoms. The van der Waals surface area contributed by atoms with Crippen LogP contribution in [0.25, 0.3) is 0 Å². The fourth-order valence-electron chi connectivity index (χ4n) is 0.592. The summed E-state index contributed by atoms with van der Waals surface area (Å²) in [5.74, 6) is 0.579. The molecule has 0 atom stereocenters. The molecule has 0 fully saturated rings. The molecule has 0 aromatic carbocycles. The lowest BCUT2D eigenvalue weighted by Gasteiger charge is -1.97. The number of nitrogen functional groups attached to an aromatic ring is 2. The highest BCUT2D eigenvalue weighted by atomic mass is 15.1. The van der Waals surface area contributed by atoms with Crippen molar-refractivity contribution in [2.75, 3.05) is 16.8 Å². The number of nitrogens with zero attached hydrogens (tertiary/aromatic N) is 3. The van der Waals surface area contributed by atoms with Crippen molar-refractivity contribution in [1.82, 2.24) is 9.97 Å². The van der Waals surface area contributed by atoms with E-state index in [0.717, 1.165) is 0 Å². The number of anilines is 3. The van der Waals surface area contributed by atoms with Crippen molar-refractivity contribution in [3.8, 4) is 6.19 Å². The average Bonchev–Trinajstić information content (AvgIpc) is 1.85. The third kappa shape index (κ3) is 1.69. The van der Waals surface area contributed by atoms with Crippen LogP contribution in [0.5, 0.6) is 0 Å². The van der Waals surface area contributed by atoms with Gasteiger partial charge < -0.3 is 11.5 Å². The number of rotatable bonds is 1. The Morgan fingerprint density at radius 2 is 1.91 bits per heavy atom. The van der Waals surface area contributed by atoms with Crippen molar-refractivity contribution in [2.45, 2.75) is 0 Å². The summed E-state index contributed by atoms with van der Waals surface area (Å²) < 4.78 is 0. The Kier molecular flexibility index (Phi) is 1.74. The van der Waals surface area contributed by atoms with Crippen LogP contribution in [-0.4, -0.2) is 9.97 Å². The topological polar surface area (TPSA) is 114 Å². The van der Waals surface area contributed by atoms with Gasteiger partial charge in [0.2, 0.25) is 5.95 Å². The van der Waals surface area contributed by atoms with Gasteiger partial charge in [0, 0.05) is 6.07 Å². The SMILES string of the molecule is N#CNc1nc(N)cc(N)n1. The second-order valence-corrected chi connectivity index (χ2v) is 1.78. The molecule has 11 heavy (non-hydrogen) atoms. The first-order valence-corrected chi connectivity index (χ1v) is 2.77. The minimum absolute atomic E-state index is 0.116. The fourth-order valence-corrected chi connectivity index (χ4v) is 0.592. The highest BCUT2D eigenvalue weighted by Gasteiger charge is 1.96. The Bertz CT molecular complexity index is 280. The first-order chi connectivity index (χ1) is 5.22. The van der Waals surface area contributed by atoms with Crippen LogP contribution in [0.3, 0.4) is 0 Å². The van der Waals surface area contributed by atoms with Crippen LogP contribution in [0.2, 0.25) is 0 Å². The van der Waals surface area contributed by atoms with Gasteiger partial charge in [0.1, 0.15) is 11.6 Å². The molecular formula is C5H6N6. The van der Waals surface area contributed by atoms with Crippen LogP contribution in [0.4, 0.5) is 17.6 Å². The first-order valence-electron chi connectivity index (χ1n) is 2.77. The Hall–Kier alpha value is -2.03. The molecule has 0 saturated heterocycles. The van der Waals surface area contributed by atoms with Gasteiger partial charge in [-0.2, -0.15) is 15.2 Å². The van der Waals surface area contributed by atoms with Crippen LogP contribution >= 0.6 is 0 Å². The minimum Gasteiger partial charge on any atom is -0.383 e. The summed E-state index contributed by atoms with van der Waals surface area (Å²) in [5.41, 5.74) is 10.6. The molecule has 1 rings (SSSR count). The lowest BCUT2D eigenvalue weighted by molar-refractivity contribution is 1.18. The van der Waals surface area contributed by atoms with Crippen molar-refractivity contribution in [2.24, 2.45) is 0 Å². The molecule has 1 heterocycles. The molecular weight excluding hydrogens is 144 g/mol. The molecule has 1 aromatic heterocycles. The molecule has 1 aromatic rings. The maximum absolute atomic E-state index is 8.18. The molecule has 0 radical (unpaired) electrons. The Balaban J connectivity index is 3.01. The van der Waals surface area contributed by atoms with Gasteiger partial charge >= 0.3 is 0 Å². The maximum Gasteiger partial charge on any atom is 0.240 e. The van der Waals surface area contributed by atoms with Gasteiger partial charge in [0.15, 0.2) is 6.19 Å². The zero-order valence-corrected chi connectivity index (χ0v) is 5.57. The highest BCUT2D eigenvalue weighted by Crippen LogP contribution is 2.06. The predicted molar refractivity (Wildman–Crippen MR) is 40.1 cm³/mol. The van der Waals surface area contributed by atoms with Crippen molar-refractivity contribution < 1.29 is 0 Å². The Morgan fingerprint density at radius 3 is 2.36 bits per heavy atom. The van der Waals surface area contributed by atoms with Crippen LogP contribution in [0, 0.1) is 11.5 Å². The summed E-state index contributed by atoms with van der Waals surface area (Å²) in [6.07, 6.45) is 1.65. The Labute approximate surface area is 62.9 Å². The van der Waals surface area contributed by atoms with E-state index in [1.54, 1.807) is 6.19 Å². The van der Waals surface area contributed by atoms with Gasteiger partial charge in [-0.05, 0) is 0 Å². The second-order valence-electron chi connectivity index (χ2n) is 1.78. The fraction of sp³-hybridized carbons (Fsp3) is 0. The van der Waals surface area contributed by atoms with Gasteiger partial charge in [0.25, 0.3) is 0 Å². The predicted octanol–water partition coefficient (Wildman–Crippen LogP) is -0.466. The lowest BCUT2D eigenvalue weighted by atomic mass is 10.5. The monoisotopic (exact) mass is 150 g/mol. The summed E-state index contributed by atoms with van der Waals surface area (Å²) in [6, 6.07) is 1.41. The number of nitrogens with two attached hydrogens (primary N) is 2. The third-order valence-electron chi connectivity index (χ3n) is 0.933. The summed E-state index contributed by atoms with van der Waals surface area (Å²) in [4.78, 5) is 7.35. The molecule has 0 saturated carbocycles. The molecule has 6 heteroatoms. The molecule has 0 aliphatic carbocycles. The smallest absolute Gasteiger partial charge is 0.240 e. The number of aromatic nitrogens is 2. The number of hydrogen-bond acceptors (Lipinski definition) is 6. The summed E-state index contributed by atoms with van der Waals surface area (Å²) in [7, 11) is 0. The van der Waals surface area contributed by atoms with E-state index in [9.17, 15) is 0 Å². The Morgan fingerprint density at radius 1 is 1.36 bits per heavy atom. The minimum atomic E-state index is 0.116. The molecule has 0 bridgehead atoms. The molecule has 0 amide bonds. The summed E-state index contributed by atoms with van der Waals surface area (Å²) in [6.45, 7) is 0. The normalized spacial score (nSPS) is 8.64. The molecule has 5 N–H and O–H groups in total. The number of nitriles is 1. The van der Waals surface area contributed by atoms with E-state index in [1.165, 1.54) is 6.07 Å². The maximum atomic E-state index is 8.18. The quantitative estimate of drug-likeness (QED) is 0.368. The highest BCUT2D eigenvalue weighted by molar-refractivity contribution is 5.47. The molecule has 0 unspecified atom stereocenters. The molecule has 6 nitrogen and oxygen atoms in total. The van der Waals surface area contributed by atoms with Crippen LogP contribution in [0.15, 0.2) is 6.07 Å². The zero-order chi connectivity index (χ0) is 8.27.